The van der Waals surface area contributed by atoms with E-state index in [9.17, 15) is 5.11 Å². The van der Waals surface area contributed by atoms with E-state index in [1.807, 2.05) is 13.1 Å². The maximum atomic E-state index is 9.73. The van der Waals surface area contributed by atoms with Crippen molar-refractivity contribution in [3.8, 4) is 0 Å². The van der Waals surface area contributed by atoms with Gasteiger partial charge in [-0.2, -0.15) is 5.10 Å². The lowest BCUT2D eigenvalue weighted by molar-refractivity contribution is 0.0667. The fraction of sp³-hybridized carbons (Fsp3) is 0.625. The summed E-state index contributed by atoms with van der Waals surface area (Å²) in [6.45, 7) is 4.70. The SMILES string of the molecule is CCn1cc(C(C)(O)CN)cn1. The van der Waals surface area contributed by atoms with Crippen LogP contribution in [0, 0.1) is 0 Å². The summed E-state index contributed by atoms with van der Waals surface area (Å²) in [5, 5.41) is 13.8. The number of aryl methyl sites for hydroxylation is 1. The van der Waals surface area contributed by atoms with Gasteiger partial charge in [0.2, 0.25) is 0 Å². The van der Waals surface area contributed by atoms with Gasteiger partial charge < -0.3 is 10.8 Å². The molecule has 0 aromatic carbocycles. The van der Waals surface area contributed by atoms with Gasteiger partial charge in [0.15, 0.2) is 0 Å². The Morgan fingerprint density at radius 3 is 2.83 bits per heavy atom. The van der Waals surface area contributed by atoms with Crippen LogP contribution < -0.4 is 5.73 Å². The van der Waals surface area contributed by atoms with Gasteiger partial charge in [-0.3, -0.25) is 4.68 Å². The fourth-order valence-corrected chi connectivity index (χ4v) is 0.932. The summed E-state index contributed by atoms with van der Waals surface area (Å²) in [4.78, 5) is 0. The number of nitrogens with zero attached hydrogens (tertiary/aromatic N) is 2. The lowest BCUT2D eigenvalue weighted by atomic mass is 10.0. The van der Waals surface area contributed by atoms with Gasteiger partial charge >= 0.3 is 0 Å². The van der Waals surface area contributed by atoms with E-state index >= 15 is 0 Å². The van der Waals surface area contributed by atoms with Gasteiger partial charge in [0.25, 0.3) is 0 Å². The van der Waals surface area contributed by atoms with Gasteiger partial charge in [0.05, 0.1) is 6.20 Å². The molecular weight excluding hydrogens is 154 g/mol. The second-order valence-corrected chi connectivity index (χ2v) is 3.06. The molecule has 1 heterocycles. The van der Waals surface area contributed by atoms with Gasteiger partial charge in [-0.05, 0) is 13.8 Å². The Hall–Kier alpha value is -0.870. The zero-order valence-electron chi connectivity index (χ0n) is 7.49. The lowest BCUT2D eigenvalue weighted by Crippen LogP contribution is -2.30. The van der Waals surface area contributed by atoms with Gasteiger partial charge in [-0.25, -0.2) is 0 Å². The molecule has 0 aliphatic heterocycles. The van der Waals surface area contributed by atoms with Crippen molar-refractivity contribution in [3.05, 3.63) is 18.0 Å². The zero-order valence-corrected chi connectivity index (χ0v) is 7.49. The molecule has 0 spiro atoms. The van der Waals surface area contributed by atoms with E-state index in [2.05, 4.69) is 5.10 Å². The third-order valence-corrected chi connectivity index (χ3v) is 1.98. The first-order valence-electron chi connectivity index (χ1n) is 4.05. The molecule has 1 rings (SSSR count). The number of hydrogen-bond acceptors (Lipinski definition) is 3. The summed E-state index contributed by atoms with van der Waals surface area (Å²) in [6, 6.07) is 0. The molecule has 1 aromatic rings. The number of rotatable bonds is 3. The summed E-state index contributed by atoms with van der Waals surface area (Å²) >= 11 is 0. The van der Waals surface area contributed by atoms with Crippen molar-refractivity contribution in [1.82, 2.24) is 9.78 Å². The predicted octanol–water partition coefficient (Wildman–Crippen LogP) is 0.0692. The lowest BCUT2D eigenvalue weighted by Gasteiger charge is -2.18. The minimum Gasteiger partial charge on any atom is -0.384 e. The Kier molecular flexibility index (Phi) is 2.49. The summed E-state index contributed by atoms with van der Waals surface area (Å²) in [5.41, 5.74) is 5.22. The summed E-state index contributed by atoms with van der Waals surface area (Å²) in [6.07, 6.45) is 3.46. The molecule has 1 unspecified atom stereocenters. The second-order valence-electron chi connectivity index (χ2n) is 3.06. The molecule has 0 saturated heterocycles. The van der Waals surface area contributed by atoms with Crippen LogP contribution in [0.2, 0.25) is 0 Å². The largest absolute Gasteiger partial charge is 0.384 e. The minimum absolute atomic E-state index is 0.211. The standard InChI is InChI=1S/C8H15N3O/c1-3-11-5-7(4-10-11)8(2,12)6-9/h4-5,12H,3,6,9H2,1-2H3. The highest BCUT2D eigenvalue weighted by Gasteiger charge is 2.22. The average molecular weight is 169 g/mol. The van der Waals surface area contributed by atoms with Crippen LogP contribution in [0.1, 0.15) is 19.4 Å². The van der Waals surface area contributed by atoms with Crippen molar-refractivity contribution < 1.29 is 5.11 Å². The maximum Gasteiger partial charge on any atom is 0.102 e. The molecule has 0 bridgehead atoms. The number of nitrogens with two attached hydrogens (primary N) is 1. The molecule has 0 aliphatic carbocycles. The van der Waals surface area contributed by atoms with E-state index in [1.54, 1.807) is 17.8 Å². The number of aromatic nitrogens is 2. The van der Waals surface area contributed by atoms with E-state index in [0.29, 0.717) is 0 Å². The smallest absolute Gasteiger partial charge is 0.102 e. The van der Waals surface area contributed by atoms with E-state index in [0.717, 1.165) is 12.1 Å². The third-order valence-electron chi connectivity index (χ3n) is 1.98. The van der Waals surface area contributed by atoms with Crippen molar-refractivity contribution >= 4 is 0 Å². The molecule has 0 amide bonds. The van der Waals surface area contributed by atoms with E-state index in [1.165, 1.54) is 0 Å². The Bertz CT molecular complexity index is 255. The highest BCUT2D eigenvalue weighted by Crippen LogP contribution is 2.17. The molecule has 0 saturated carbocycles. The first kappa shape index (κ1) is 9.22. The van der Waals surface area contributed by atoms with E-state index < -0.39 is 5.60 Å². The van der Waals surface area contributed by atoms with Crippen molar-refractivity contribution in [1.29, 1.82) is 0 Å². The summed E-state index contributed by atoms with van der Waals surface area (Å²) in [7, 11) is 0. The van der Waals surface area contributed by atoms with Crippen LogP contribution in [0.4, 0.5) is 0 Å². The Morgan fingerprint density at radius 2 is 2.42 bits per heavy atom. The molecule has 4 heteroatoms. The zero-order chi connectivity index (χ0) is 9.19. The molecule has 0 aliphatic rings. The van der Waals surface area contributed by atoms with Crippen LogP contribution in [-0.4, -0.2) is 21.4 Å². The quantitative estimate of drug-likeness (QED) is 0.673. The predicted molar refractivity (Wildman–Crippen MR) is 46.5 cm³/mol. The molecule has 68 valence electrons. The van der Waals surface area contributed by atoms with Gasteiger partial charge in [0.1, 0.15) is 5.60 Å². The molecule has 1 atom stereocenters. The van der Waals surface area contributed by atoms with Gasteiger partial charge in [-0.15, -0.1) is 0 Å². The van der Waals surface area contributed by atoms with Crippen LogP contribution in [-0.2, 0) is 12.1 Å². The molecule has 1 aromatic heterocycles. The van der Waals surface area contributed by atoms with Crippen LogP contribution in [0.3, 0.4) is 0 Å². The number of aliphatic hydroxyl groups is 1. The molecule has 4 nitrogen and oxygen atoms in total. The third kappa shape index (κ3) is 1.65. The summed E-state index contributed by atoms with van der Waals surface area (Å²) in [5.74, 6) is 0. The first-order valence-corrected chi connectivity index (χ1v) is 4.05. The van der Waals surface area contributed by atoms with Crippen LogP contribution in [0.25, 0.3) is 0 Å². The van der Waals surface area contributed by atoms with Crippen molar-refractivity contribution in [2.45, 2.75) is 26.0 Å². The van der Waals surface area contributed by atoms with Crippen molar-refractivity contribution in [3.63, 3.8) is 0 Å². The maximum absolute atomic E-state index is 9.73. The van der Waals surface area contributed by atoms with Crippen molar-refractivity contribution in [2.24, 2.45) is 5.73 Å². The summed E-state index contributed by atoms with van der Waals surface area (Å²) < 4.78 is 1.76. The minimum atomic E-state index is -0.951. The normalized spacial score (nSPS) is 16.0. The van der Waals surface area contributed by atoms with E-state index in [-0.39, 0.29) is 6.54 Å². The van der Waals surface area contributed by atoms with Gasteiger partial charge in [0, 0.05) is 24.8 Å². The molecule has 0 fully saturated rings. The Morgan fingerprint density at radius 1 is 1.75 bits per heavy atom. The van der Waals surface area contributed by atoms with E-state index in [4.69, 9.17) is 5.73 Å². The van der Waals surface area contributed by atoms with Crippen LogP contribution in [0.15, 0.2) is 12.4 Å². The highest BCUT2D eigenvalue weighted by molar-refractivity contribution is 5.14. The van der Waals surface area contributed by atoms with Crippen LogP contribution in [0.5, 0.6) is 0 Å². The average Bonchev–Trinajstić information content (AvgIpc) is 2.52. The molecule has 0 radical (unpaired) electrons. The van der Waals surface area contributed by atoms with Gasteiger partial charge in [-0.1, -0.05) is 0 Å². The van der Waals surface area contributed by atoms with Crippen LogP contribution >= 0.6 is 0 Å². The first-order chi connectivity index (χ1) is 5.60. The molecular formula is C8H15N3O. The Labute approximate surface area is 72.0 Å². The highest BCUT2D eigenvalue weighted by atomic mass is 16.3. The second kappa shape index (κ2) is 3.25. The topological polar surface area (TPSA) is 64.1 Å². The fourth-order valence-electron chi connectivity index (χ4n) is 0.932. The number of hydrogen-bond donors (Lipinski definition) is 2. The van der Waals surface area contributed by atoms with Crippen molar-refractivity contribution in [2.75, 3.05) is 6.54 Å². The Balaban J connectivity index is 2.88. The molecule has 12 heavy (non-hydrogen) atoms. The monoisotopic (exact) mass is 169 g/mol. The molecule has 3 N–H and O–H groups in total.